The Morgan fingerprint density at radius 3 is 2.54 bits per heavy atom. The second kappa shape index (κ2) is 7.26. The van der Waals surface area contributed by atoms with Crippen molar-refractivity contribution in [3.63, 3.8) is 0 Å². The van der Waals surface area contributed by atoms with Crippen molar-refractivity contribution in [2.45, 2.75) is 13.1 Å². The number of benzene rings is 2. The average molecular weight is 380 g/mol. The molecule has 1 fully saturated rings. The molecule has 0 unspecified atom stereocenters. The number of ether oxygens (including phenoxy) is 2. The van der Waals surface area contributed by atoms with Crippen molar-refractivity contribution in [2.75, 3.05) is 33.0 Å². The minimum atomic E-state index is -0.0490. The number of hydrogen-bond acceptors (Lipinski definition) is 4. The molecular formula is C21H24N4O3+2. The first kappa shape index (κ1) is 17.2. The van der Waals surface area contributed by atoms with E-state index in [0.717, 1.165) is 62.1 Å². The second-order valence-corrected chi connectivity index (χ2v) is 7.57. The maximum absolute atomic E-state index is 12.2. The summed E-state index contributed by atoms with van der Waals surface area (Å²) in [4.78, 5) is 22.9. The number of H-pyrrole nitrogens is 1. The monoisotopic (exact) mass is 380 g/mol. The Morgan fingerprint density at radius 2 is 1.68 bits per heavy atom. The molecule has 0 amide bonds. The largest absolute Gasteiger partial charge is 0.454 e. The zero-order valence-electron chi connectivity index (χ0n) is 15.7. The molecule has 7 heteroatoms. The number of rotatable bonds is 4. The molecule has 144 valence electrons. The van der Waals surface area contributed by atoms with Crippen LogP contribution in [0.15, 0.2) is 47.3 Å². The lowest BCUT2D eigenvalue weighted by atomic mass is 10.1. The van der Waals surface area contributed by atoms with Crippen molar-refractivity contribution < 1.29 is 19.3 Å². The lowest BCUT2D eigenvalue weighted by molar-refractivity contribution is -1.02. The van der Waals surface area contributed by atoms with Gasteiger partial charge in [0.1, 0.15) is 39.3 Å². The standard InChI is InChI=1S/C21H22N4O3/c26-21-16-3-1-2-4-17(16)22-20(23-21)13-25-9-7-24(8-10-25)12-15-5-6-18-19(11-15)28-14-27-18/h1-6,11H,7-10,12-14H2,(H,22,23,26)/p+2. The van der Waals surface area contributed by atoms with E-state index < -0.39 is 0 Å². The zero-order valence-corrected chi connectivity index (χ0v) is 15.7. The van der Waals surface area contributed by atoms with E-state index in [1.807, 2.05) is 30.3 Å². The molecule has 28 heavy (non-hydrogen) atoms. The average Bonchev–Trinajstić information content (AvgIpc) is 3.17. The molecule has 0 radical (unpaired) electrons. The SMILES string of the molecule is O=c1[nH]c(C[NH+]2CC[NH+](Cc3ccc4c(c3)OCO4)CC2)nc2ccccc12. The normalized spacial score (nSPS) is 21.1. The van der Waals surface area contributed by atoms with E-state index in [-0.39, 0.29) is 5.56 Å². The van der Waals surface area contributed by atoms with Gasteiger partial charge in [0.25, 0.3) is 5.56 Å². The van der Waals surface area contributed by atoms with E-state index in [4.69, 9.17) is 9.47 Å². The van der Waals surface area contributed by atoms with Gasteiger partial charge in [0.2, 0.25) is 6.79 Å². The van der Waals surface area contributed by atoms with E-state index in [1.54, 1.807) is 4.90 Å². The number of nitrogens with zero attached hydrogens (tertiary/aromatic N) is 1. The van der Waals surface area contributed by atoms with E-state index in [1.165, 1.54) is 10.5 Å². The number of aromatic amines is 1. The molecule has 1 aromatic heterocycles. The second-order valence-electron chi connectivity index (χ2n) is 7.57. The van der Waals surface area contributed by atoms with Crippen LogP contribution in [0.25, 0.3) is 10.9 Å². The first-order valence-electron chi connectivity index (χ1n) is 9.78. The Labute approximate surface area is 162 Å². The highest BCUT2D eigenvalue weighted by Crippen LogP contribution is 2.32. The number of piperazine rings is 1. The van der Waals surface area contributed by atoms with Gasteiger partial charge >= 0.3 is 0 Å². The number of quaternary nitrogens is 2. The van der Waals surface area contributed by atoms with Gasteiger partial charge in [-0.2, -0.15) is 0 Å². The summed E-state index contributed by atoms with van der Waals surface area (Å²) in [5.74, 6) is 2.47. The Hall–Kier alpha value is -2.90. The zero-order chi connectivity index (χ0) is 18.9. The number of nitrogens with one attached hydrogen (secondary N) is 3. The minimum Gasteiger partial charge on any atom is -0.454 e. The fraction of sp³-hybridized carbons (Fsp3) is 0.333. The van der Waals surface area contributed by atoms with Gasteiger partial charge in [-0.05, 0) is 30.3 Å². The van der Waals surface area contributed by atoms with Gasteiger partial charge in [-0.25, -0.2) is 4.98 Å². The topological polar surface area (TPSA) is 73.1 Å². The van der Waals surface area contributed by atoms with Crippen LogP contribution in [0, 0.1) is 0 Å². The van der Waals surface area contributed by atoms with Crippen molar-refractivity contribution in [3.8, 4) is 11.5 Å². The molecule has 3 aromatic rings. The molecule has 3 N–H and O–H groups in total. The molecule has 5 rings (SSSR count). The number of fused-ring (bicyclic) bond motifs is 2. The van der Waals surface area contributed by atoms with Crippen LogP contribution in [0.1, 0.15) is 11.4 Å². The summed E-state index contributed by atoms with van der Waals surface area (Å²) in [5, 5.41) is 0.652. The van der Waals surface area contributed by atoms with E-state index in [9.17, 15) is 4.79 Å². The fourth-order valence-corrected chi connectivity index (χ4v) is 4.11. The van der Waals surface area contributed by atoms with Crippen LogP contribution in [0.2, 0.25) is 0 Å². The maximum Gasteiger partial charge on any atom is 0.258 e. The first-order valence-corrected chi connectivity index (χ1v) is 9.78. The van der Waals surface area contributed by atoms with Crippen LogP contribution in [0.5, 0.6) is 11.5 Å². The summed E-state index contributed by atoms with van der Waals surface area (Å²) >= 11 is 0. The quantitative estimate of drug-likeness (QED) is 0.551. The van der Waals surface area contributed by atoms with E-state index in [0.29, 0.717) is 12.2 Å². The van der Waals surface area contributed by atoms with Gasteiger partial charge in [0.15, 0.2) is 17.3 Å². The summed E-state index contributed by atoms with van der Waals surface area (Å²) in [7, 11) is 0. The smallest absolute Gasteiger partial charge is 0.258 e. The molecule has 2 aromatic carbocycles. The molecule has 2 aliphatic rings. The van der Waals surface area contributed by atoms with Crippen LogP contribution in [0.3, 0.4) is 0 Å². The lowest BCUT2D eigenvalue weighted by Crippen LogP contribution is -3.27. The third-order valence-electron chi connectivity index (χ3n) is 5.63. The minimum absolute atomic E-state index is 0.0490. The summed E-state index contributed by atoms with van der Waals surface area (Å²) in [6.45, 7) is 6.40. The van der Waals surface area contributed by atoms with Crippen molar-refractivity contribution in [1.29, 1.82) is 0 Å². The van der Waals surface area contributed by atoms with Gasteiger partial charge in [-0.1, -0.05) is 12.1 Å². The van der Waals surface area contributed by atoms with Crippen LogP contribution in [-0.4, -0.2) is 42.9 Å². The van der Waals surface area contributed by atoms with Crippen molar-refractivity contribution >= 4 is 10.9 Å². The highest BCUT2D eigenvalue weighted by molar-refractivity contribution is 5.77. The number of aromatic nitrogens is 2. The molecule has 0 aliphatic carbocycles. The molecule has 2 aliphatic heterocycles. The molecular weight excluding hydrogens is 356 g/mol. The summed E-state index contributed by atoms with van der Waals surface area (Å²) in [6, 6.07) is 13.7. The van der Waals surface area contributed by atoms with Crippen molar-refractivity contribution in [1.82, 2.24) is 9.97 Å². The number of para-hydroxylation sites is 1. The summed E-state index contributed by atoms with van der Waals surface area (Å²) < 4.78 is 10.9. The highest BCUT2D eigenvalue weighted by atomic mass is 16.7. The lowest BCUT2D eigenvalue weighted by Gasteiger charge is -2.29. The Bertz CT molecular complexity index is 1060. The molecule has 0 atom stereocenters. The fourth-order valence-electron chi connectivity index (χ4n) is 4.11. The Balaban J connectivity index is 1.20. The van der Waals surface area contributed by atoms with Gasteiger partial charge < -0.3 is 24.3 Å². The van der Waals surface area contributed by atoms with Crippen molar-refractivity contribution in [3.05, 3.63) is 64.2 Å². The van der Waals surface area contributed by atoms with Gasteiger partial charge in [0, 0.05) is 5.56 Å². The van der Waals surface area contributed by atoms with Crippen LogP contribution in [-0.2, 0) is 13.1 Å². The predicted molar refractivity (Wildman–Crippen MR) is 104 cm³/mol. The third kappa shape index (κ3) is 3.46. The van der Waals surface area contributed by atoms with Gasteiger partial charge in [-0.3, -0.25) is 4.79 Å². The van der Waals surface area contributed by atoms with Gasteiger partial charge in [-0.15, -0.1) is 0 Å². The van der Waals surface area contributed by atoms with Crippen LogP contribution >= 0.6 is 0 Å². The van der Waals surface area contributed by atoms with Gasteiger partial charge in [0.05, 0.1) is 10.9 Å². The predicted octanol–water partition coefficient (Wildman–Crippen LogP) is -0.865. The third-order valence-corrected chi connectivity index (χ3v) is 5.63. The highest BCUT2D eigenvalue weighted by Gasteiger charge is 2.24. The van der Waals surface area contributed by atoms with Crippen molar-refractivity contribution in [2.24, 2.45) is 0 Å². The van der Waals surface area contributed by atoms with E-state index in [2.05, 4.69) is 22.1 Å². The first-order chi connectivity index (χ1) is 13.7. The molecule has 7 nitrogen and oxygen atoms in total. The summed E-state index contributed by atoms with van der Waals surface area (Å²) in [5.41, 5.74) is 2.00. The molecule has 0 saturated carbocycles. The Morgan fingerprint density at radius 1 is 0.929 bits per heavy atom. The Kier molecular flexibility index (Phi) is 4.46. The van der Waals surface area contributed by atoms with Crippen LogP contribution < -0.4 is 24.8 Å². The molecule has 1 saturated heterocycles. The maximum atomic E-state index is 12.2. The molecule has 3 heterocycles. The summed E-state index contributed by atoms with van der Waals surface area (Å²) in [6.07, 6.45) is 0. The van der Waals surface area contributed by atoms with Crippen LogP contribution in [0.4, 0.5) is 0 Å². The van der Waals surface area contributed by atoms with E-state index >= 15 is 0 Å². The number of hydrogen-bond donors (Lipinski definition) is 3. The molecule has 0 bridgehead atoms. The molecule has 0 spiro atoms.